The minimum Gasteiger partial charge on any atom is -0.477 e. The van der Waals surface area contributed by atoms with Gasteiger partial charge in [-0.3, -0.25) is 14.6 Å². The summed E-state index contributed by atoms with van der Waals surface area (Å²) in [6, 6.07) is -0.598. The summed E-state index contributed by atoms with van der Waals surface area (Å²) in [5.74, 6) is -0.870. The number of allylic oxidation sites excluding steroid dienone is 1. The lowest BCUT2D eigenvalue weighted by Gasteiger charge is -2.47. The first-order valence-electron chi connectivity index (χ1n) is 7.72. The van der Waals surface area contributed by atoms with E-state index in [-0.39, 0.29) is 47.1 Å². The molecular formula is C15H22IN3O4S. The molecule has 2 fully saturated rings. The van der Waals surface area contributed by atoms with Gasteiger partial charge in [0, 0.05) is 25.4 Å². The zero-order valence-electron chi connectivity index (χ0n) is 13.1. The fourth-order valence-corrected chi connectivity index (χ4v) is 4.38. The van der Waals surface area contributed by atoms with Crippen LogP contribution >= 0.6 is 35.7 Å². The number of amides is 1. The maximum absolute atomic E-state index is 11.8. The Morgan fingerprint density at radius 1 is 1.38 bits per heavy atom. The highest BCUT2D eigenvalue weighted by atomic mass is 127. The molecule has 3 heterocycles. The van der Waals surface area contributed by atoms with Crippen LogP contribution in [0.15, 0.2) is 23.4 Å². The molecule has 134 valence electrons. The fourth-order valence-electron chi connectivity index (χ4n) is 3.11. The monoisotopic (exact) mass is 467 g/mol. The van der Waals surface area contributed by atoms with E-state index in [2.05, 4.69) is 4.90 Å². The Bertz CT molecular complexity index is 575. The first-order valence-corrected chi connectivity index (χ1v) is 8.77. The largest absolute Gasteiger partial charge is 0.477 e. The molecule has 3 rings (SSSR count). The zero-order chi connectivity index (χ0) is 16.6. The SMILES string of the molecule is I.N[C@@H]1C(=O)N2C(C(=O)O)=C(/C=C/CN3CCC(O)CC3)CS[C@H]12. The van der Waals surface area contributed by atoms with Gasteiger partial charge in [-0.25, -0.2) is 4.79 Å². The van der Waals surface area contributed by atoms with Crippen LogP contribution in [0.1, 0.15) is 12.8 Å². The van der Waals surface area contributed by atoms with Crippen molar-refractivity contribution in [2.45, 2.75) is 30.4 Å². The van der Waals surface area contributed by atoms with E-state index in [0.717, 1.165) is 25.9 Å². The van der Waals surface area contributed by atoms with Crippen molar-refractivity contribution in [3.05, 3.63) is 23.4 Å². The molecule has 3 aliphatic heterocycles. The van der Waals surface area contributed by atoms with E-state index in [0.29, 0.717) is 17.9 Å². The highest BCUT2D eigenvalue weighted by Crippen LogP contribution is 2.39. The van der Waals surface area contributed by atoms with Gasteiger partial charge in [0.15, 0.2) is 0 Å². The molecule has 3 aliphatic rings. The van der Waals surface area contributed by atoms with Gasteiger partial charge < -0.3 is 15.9 Å². The molecule has 4 N–H and O–H groups in total. The number of carbonyl (C=O) groups excluding carboxylic acids is 1. The summed E-state index contributed by atoms with van der Waals surface area (Å²) in [6.07, 6.45) is 5.07. The van der Waals surface area contributed by atoms with Crippen LogP contribution in [0, 0.1) is 0 Å². The molecule has 0 aliphatic carbocycles. The Kier molecular flexibility index (Phi) is 6.71. The zero-order valence-corrected chi connectivity index (χ0v) is 16.3. The van der Waals surface area contributed by atoms with Crippen LogP contribution < -0.4 is 5.73 Å². The minimum atomic E-state index is -1.09. The number of aliphatic carboxylic acids is 1. The number of β-lactam (4-membered cyclic amide) rings is 1. The van der Waals surface area contributed by atoms with E-state index in [4.69, 9.17) is 5.73 Å². The quantitative estimate of drug-likeness (QED) is 0.401. The Hall–Kier alpha value is -0.620. The number of nitrogens with zero attached hydrogens (tertiary/aromatic N) is 2. The van der Waals surface area contributed by atoms with Crippen molar-refractivity contribution in [1.29, 1.82) is 0 Å². The highest BCUT2D eigenvalue weighted by molar-refractivity contribution is 14.0. The number of carbonyl (C=O) groups is 2. The average molecular weight is 467 g/mol. The van der Waals surface area contributed by atoms with E-state index >= 15 is 0 Å². The van der Waals surface area contributed by atoms with Gasteiger partial charge in [-0.15, -0.1) is 35.7 Å². The summed E-state index contributed by atoms with van der Waals surface area (Å²) in [5, 5.41) is 18.7. The summed E-state index contributed by atoms with van der Waals surface area (Å²) in [6.45, 7) is 2.39. The average Bonchev–Trinajstić information content (AvgIpc) is 2.55. The molecule has 2 atom stereocenters. The second-order valence-corrected chi connectivity index (χ2v) is 7.15. The molecule has 24 heavy (non-hydrogen) atoms. The van der Waals surface area contributed by atoms with Crippen LogP contribution in [0.4, 0.5) is 0 Å². The summed E-state index contributed by atoms with van der Waals surface area (Å²) in [5.41, 5.74) is 6.43. The number of aliphatic hydroxyl groups excluding tert-OH is 1. The molecule has 0 spiro atoms. The van der Waals surface area contributed by atoms with E-state index in [1.165, 1.54) is 16.7 Å². The predicted molar refractivity (Wildman–Crippen MR) is 102 cm³/mol. The number of nitrogens with two attached hydrogens (primary N) is 1. The van der Waals surface area contributed by atoms with Crippen molar-refractivity contribution in [1.82, 2.24) is 9.80 Å². The molecule has 0 bridgehead atoms. The van der Waals surface area contributed by atoms with Crippen LogP contribution in [0.2, 0.25) is 0 Å². The highest BCUT2D eigenvalue weighted by Gasteiger charge is 2.51. The lowest BCUT2D eigenvalue weighted by Crippen LogP contribution is -2.68. The molecule has 1 amide bonds. The van der Waals surface area contributed by atoms with Crippen LogP contribution in [-0.4, -0.2) is 74.8 Å². The van der Waals surface area contributed by atoms with Gasteiger partial charge in [0.05, 0.1) is 6.10 Å². The molecule has 2 saturated heterocycles. The van der Waals surface area contributed by atoms with E-state index in [1.807, 2.05) is 6.08 Å². The van der Waals surface area contributed by atoms with E-state index in [1.54, 1.807) is 6.08 Å². The number of hydrogen-bond acceptors (Lipinski definition) is 6. The number of hydrogen-bond donors (Lipinski definition) is 3. The number of fused-ring (bicyclic) bond motifs is 1. The number of likely N-dealkylation sites (tertiary alicyclic amines) is 1. The second-order valence-electron chi connectivity index (χ2n) is 6.05. The smallest absolute Gasteiger partial charge is 0.352 e. The van der Waals surface area contributed by atoms with Gasteiger partial charge in [0.1, 0.15) is 17.1 Å². The van der Waals surface area contributed by atoms with E-state index < -0.39 is 12.0 Å². The summed E-state index contributed by atoms with van der Waals surface area (Å²) >= 11 is 1.50. The van der Waals surface area contributed by atoms with Gasteiger partial charge >= 0.3 is 5.97 Å². The topological polar surface area (TPSA) is 107 Å². The third kappa shape index (κ3) is 3.79. The molecular weight excluding hydrogens is 445 g/mol. The predicted octanol–water partition coefficient (Wildman–Crippen LogP) is 0.198. The van der Waals surface area contributed by atoms with Gasteiger partial charge in [0.2, 0.25) is 5.91 Å². The molecule has 9 heteroatoms. The van der Waals surface area contributed by atoms with Crippen LogP contribution in [0.5, 0.6) is 0 Å². The standard InChI is InChI=1S/C15H21N3O4S.HI/c16-11-13(20)18-12(15(21)22)9(8-23-14(11)18)2-1-5-17-6-3-10(19)4-7-17;/h1-2,10-11,14,19H,3-8,16H2,(H,21,22);1H/b2-1+;/t11-,14-;/m1./s1. The molecule has 0 saturated carbocycles. The minimum absolute atomic E-state index is 0. The van der Waals surface area contributed by atoms with Gasteiger partial charge in [-0.2, -0.15) is 0 Å². The number of halogens is 1. The number of thioether (sulfide) groups is 1. The molecule has 0 aromatic rings. The van der Waals surface area contributed by atoms with Crippen molar-refractivity contribution in [2.75, 3.05) is 25.4 Å². The first kappa shape index (κ1) is 19.7. The van der Waals surface area contributed by atoms with Crippen molar-refractivity contribution >= 4 is 47.6 Å². The Labute approximate surface area is 161 Å². The third-order valence-electron chi connectivity index (χ3n) is 4.48. The van der Waals surface area contributed by atoms with Crippen LogP contribution in [0.25, 0.3) is 0 Å². The molecule has 0 aromatic heterocycles. The van der Waals surface area contributed by atoms with Gasteiger partial charge in [0.25, 0.3) is 0 Å². The lowest BCUT2D eigenvalue weighted by molar-refractivity contribution is -0.147. The number of piperidine rings is 1. The van der Waals surface area contributed by atoms with Crippen LogP contribution in [0.3, 0.4) is 0 Å². The number of carboxylic acid groups (broad SMARTS) is 1. The van der Waals surface area contributed by atoms with Crippen molar-refractivity contribution in [3.63, 3.8) is 0 Å². The second kappa shape index (κ2) is 8.17. The van der Waals surface area contributed by atoms with E-state index in [9.17, 15) is 19.8 Å². The van der Waals surface area contributed by atoms with Crippen molar-refractivity contribution in [2.24, 2.45) is 5.73 Å². The Balaban J connectivity index is 0.00000208. The summed E-state index contributed by atoms with van der Waals surface area (Å²) in [7, 11) is 0. The molecule has 7 nitrogen and oxygen atoms in total. The van der Waals surface area contributed by atoms with Crippen LogP contribution in [-0.2, 0) is 9.59 Å². The third-order valence-corrected chi connectivity index (χ3v) is 5.80. The maximum Gasteiger partial charge on any atom is 0.352 e. The van der Waals surface area contributed by atoms with Gasteiger partial charge in [-0.1, -0.05) is 12.2 Å². The molecule has 0 unspecified atom stereocenters. The number of carboxylic acids is 1. The first-order chi connectivity index (χ1) is 11.0. The molecule has 0 aromatic carbocycles. The lowest BCUT2D eigenvalue weighted by atomic mass is 10.0. The van der Waals surface area contributed by atoms with Crippen molar-refractivity contribution < 1.29 is 19.8 Å². The fraction of sp³-hybridized carbons (Fsp3) is 0.600. The maximum atomic E-state index is 11.8. The van der Waals surface area contributed by atoms with Crippen molar-refractivity contribution in [3.8, 4) is 0 Å². The summed E-state index contributed by atoms with van der Waals surface area (Å²) < 4.78 is 0. The Morgan fingerprint density at radius 2 is 2.04 bits per heavy atom. The number of aliphatic hydroxyl groups is 1. The summed E-state index contributed by atoms with van der Waals surface area (Å²) in [4.78, 5) is 26.9. The molecule has 0 radical (unpaired) electrons. The van der Waals surface area contributed by atoms with Gasteiger partial charge in [-0.05, 0) is 18.4 Å². The number of rotatable bonds is 4. The Morgan fingerprint density at radius 3 is 2.67 bits per heavy atom. The normalized spacial score (nSPS) is 28.6.